The second-order valence-electron chi connectivity index (χ2n) is 6.80. The molecule has 148 valence electrons. The minimum atomic E-state index is -0.761. The Morgan fingerprint density at radius 2 is 1.50 bits per heavy atom. The van der Waals surface area contributed by atoms with E-state index in [0.717, 1.165) is 16.0 Å². The van der Waals surface area contributed by atoms with Gasteiger partial charge in [-0.05, 0) is 47.4 Å². The Labute approximate surface area is 178 Å². The number of para-hydroxylation sites is 1. The second-order valence-corrected chi connectivity index (χ2v) is 7.21. The van der Waals surface area contributed by atoms with E-state index in [1.54, 1.807) is 30.3 Å². The molecule has 0 saturated carbocycles. The molecule has 0 aliphatic carbocycles. The normalized spacial score (nSPS) is 15.4. The van der Waals surface area contributed by atoms with Crippen molar-refractivity contribution in [2.75, 3.05) is 4.90 Å². The van der Waals surface area contributed by atoms with Gasteiger partial charge in [0, 0.05) is 5.02 Å². The van der Waals surface area contributed by atoms with Gasteiger partial charge >= 0.3 is 6.03 Å². The van der Waals surface area contributed by atoms with E-state index in [9.17, 15) is 14.4 Å². The van der Waals surface area contributed by atoms with Crippen LogP contribution in [0.5, 0.6) is 0 Å². The Balaban J connectivity index is 1.58. The van der Waals surface area contributed by atoms with Crippen LogP contribution in [-0.2, 0) is 16.0 Å². The molecule has 0 spiro atoms. The molecule has 4 amide bonds. The maximum atomic E-state index is 12.9. The highest BCUT2D eigenvalue weighted by Gasteiger charge is 2.36. The number of amides is 4. The smallest absolute Gasteiger partial charge is 0.273 e. The van der Waals surface area contributed by atoms with Crippen LogP contribution in [0.15, 0.2) is 84.4 Å². The van der Waals surface area contributed by atoms with Crippen molar-refractivity contribution in [3.05, 3.63) is 106 Å². The molecule has 0 radical (unpaired) electrons. The van der Waals surface area contributed by atoms with Crippen molar-refractivity contribution >= 4 is 41.2 Å². The van der Waals surface area contributed by atoms with Gasteiger partial charge in [0.15, 0.2) is 0 Å². The summed E-state index contributed by atoms with van der Waals surface area (Å²) in [6.07, 6.45) is 2.16. The maximum absolute atomic E-state index is 12.9. The first kappa shape index (κ1) is 19.6. The molecular weight excluding hydrogens is 400 g/mol. The molecule has 30 heavy (non-hydrogen) atoms. The number of nitrogens with zero attached hydrogens (tertiary/aromatic N) is 1. The quantitative estimate of drug-likeness (QED) is 0.499. The van der Waals surface area contributed by atoms with Gasteiger partial charge in [-0.1, -0.05) is 72.3 Å². The monoisotopic (exact) mass is 416 g/mol. The number of carbonyl (C=O) groups excluding carboxylic acids is 3. The van der Waals surface area contributed by atoms with Gasteiger partial charge in [0.25, 0.3) is 11.8 Å². The number of nitrogens with one attached hydrogen (secondary N) is 1. The third kappa shape index (κ3) is 4.02. The summed E-state index contributed by atoms with van der Waals surface area (Å²) in [5.41, 5.74) is 3.04. The van der Waals surface area contributed by atoms with E-state index >= 15 is 0 Å². The molecule has 1 heterocycles. The van der Waals surface area contributed by atoms with Crippen molar-refractivity contribution in [1.82, 2.24) is 5.32 Å². The molecular formula is C24H17ClN2O3. The Kier molecular flexibility index (Phi) is 5.46. The average Bonchev–Trinajstić information content (AvgIpc) is 2.74. The zero-order valence-corrected chi connectivity index (χ0v) is 16.6. The molecule has 0 bridgehead atoms. The van der Waals surface area contributed by atoms with Crippen LogP contribution in [0.2, 0.25) is 5.02 Å². The molecule has 0 unspecified atom stereocenters. The molecule has 5 nitrogen and oxygen atoms in total. The zero-order valence-electron chi connectivity index (χ0n) is 15.8. The van der Waals surface area contributed by atoms with Crippen molar-refractivity contribution in [2.24, 2.45) is 0 Å². The number of rotatable bonds is 4. The topological polar surface area (TPSA) is 66.5 Å². The first-order valence-electron chi connectivity index (χ1n) is 9.32. The fourth-order valence-corrected chi connectivity index (χ4v) is 3.43. The van der Waals surface area contributed by atoms with Crippen molar-refractivity contribution in [2.45, 2.75) is 6.42 Å². The molecule has 1 aliphatic rings. The van der Waals surface area contributed by atoms with Crippen LogP contribution < -0.4 is 10.2 Å². The molecule has 3 aromatic rings. The number of hydrogen-bond acceptors (Lipinski definition) is 3. The van der Waals surface area contributed by atoms with E-state index in [1.807, 2.05) is 48.5 Å². The number of carbonyl (C=O) groups is 3. The number of halogens is 1. The van der Waals surface area contributed by atoms with Crippen LogP contribution in [0.4, 0.5) is 10.5 Å². The number of barbiturate groups is 1. The van der Waals surface area contributed by atoms with Gasteiger partial charge in [-0.25, -0.2) is 9.69 Å². The van der Waals surface area contributed by atoms with Gasteiger partial charge in [-0.15, -0.1) is 0 Å². The summed E-state index contributed by atoms with van der Waals surface area (Å²) in [6, 6.07) is 22.8. The molecule has 1 aliphatic heterocycles. The lowest BCUT2D eigenvalue weighted by Crippen LogP contribution is -2.54. The summed E-state index contributed by atoms with van der Waals surface area (Å²) >= 11 is 6.22. The fraction of sp³-hybridized carbons (Fsp3) is 0.0417. The summed E-state index contributed by atoms with van der Waals surface area (Å²) in [7, 11) is 0. The molecule has 4 rings (SSSR count). The van der Waals surface area contributed by atoms with E-state index in [0.29, 0.717) is 22.7 Å². The lowest BCUT2D eigenvalue weighted by molar-refractivity contribution is -0.122. The number of benzene rings is 3. The van der Waals surface area contributed by atoms with Crippen LogP contribution in [0, 0.1) is 0 Å². The maximum Gasteiger partial charge on any atom is 0.335 e. The van der Waals surface area contributed by atoms with Crippen LogP contribution in [0.3, 0.4) is 0 Å². The van der Waals surface area contributed by atoms with E-state index in [4.69, 9.17) is 11.6 Å². The van der Waals surface area contributed by atoms with Crippen molar-refractivity contribution < 1.29 is 14.4 Å². The highest BCUT2D eigenvalue weighted by Crippen LogP contribution is 2.23. The average molecular weight is 417 g/mol. The zero-order chi connectivity index (χ0) is 21.1. The predicted molar refractivity (Wildman–Crippen MR) is 116 cm³/mol. The lowest BCUT2D eigenvalue weighted by Gasteiger charge is -2.26. The fourth-order valence-electron chi connectivity index (χ4n) is 3.23. The molecule has 3 aromatic carbocycles. The number of anilines is 1. The van der Waals surface area contributed by atoms with Crippen molar-refractivity contribution in [3.8, 4) is 0 Å². The lowest BCUT2D eigenvalue weighted by atomic mass is 10.0. The first-order valence-corrected chi connectivity index (χ1v) is 9.69. The minimum absolute atomic E-state index is 0.0997. The largest absolute Gasteiger partial charge is 0.335 e. The van der Waals surface area contributed by atoms with Gasteiger partial charge in [-0.2, -0.15) is 0 Å². The number of imide groups is 2. The standard InChI is InChI=1S/C24H17ClN2O3/c25-21-9-5-4-6-18(21)14-16-10-12-17(13-11-16)15-20-22(28)26-24(30)27(23(20)29)19-7-2-1-3-8-19/h1-13,15H,14H2,(H,26,28,30)/b20-15+. The van der Waals surface area contributed by atoms with Crippen LogP contribution >= 0.6 is 11.6 Å². The van der Waals surface area contributed by atoms with Crippen LogP contribution in [-0.4, -0.2) is 17.8 Å². The summed E-state index contributed by atoms with van der Waals surface area (Å²) in [4.78, 5) is 38.3. The first-order chi connectivity index (χ1) is 14.5. The molecule has 1 N–H and O–H groups in total. The predicted octanol–water partition coefficient (Wildman–Crippen LogP) is 4.60. The highest BCUT2D eigenvalue weighted by atomic mass is 35.5. The Morgan fingerprint density at radius 1 is 0.833 bits per heavy atom. The third-order valence-corrected chi connectivity index (χ3v) is 5.13. The van der Waals surface area contributed by atoms with Gasteiger partial charge in [0.05, 0.1) is 5.69 Å². The van der Waals surface area contributed by atoms with Crippen molar-refractivity contribution in [1.29, 1.82) is 0 Å². The van der Waals surface area contributed by atoms with E-state index < -0.39 is 17.8 Å². The van der Waals surface area contributed by atoms with Gasteiger partial charge in [0.2, 0.25) is 0 Å². The van der Waals surface area contributed by atoms with Crippen LogP contribution in [0.25, 0.3) is 6.08 Å². The number of hydrogen-bond donors (Lipinski definition) is 1. The minimum Gasteiger partial charge on any atom is -0.273 e. The third-order valence-electron chi connectivity index (χ3n) is 4.76. The second kappa shape index (κ2) is 8.35. The summed E-state index contributed by atoms with van der Waals surface area (Å²) in [5, 5.41) is 2.93. The van der Waals surface area contributed by atoms with Gasteiger partial charge < -0.3 is 0 Å². The van der Waals surface area contributed by atoms with E-state index in [-0.39, 0.29) is 5.57 Å². The Bertz CT molecular complexity index is 1150. The van der Waals surface area contributed by atoms with Crippen LogP contribution in [0.1, 0.15) is 16.7 Å². The summed E-state index contributed by atoms with van der Waals surface area (Å²) < 4.78 is 0. The van der Waals surface area contributed by atoms with Gasteiger partial charge in [-0.3, -0.25) is 14.9 Å². The van der Waals surface area contributed by atoms with Gasteiger partial charge in [0.1, 0.15) is 5.57 Å². The van der Waals surface area contributed by atoms with E-state index in [1.165, 1.54) is 6.08 Å². The van der Waals surface area contributed by atoms with E-state index in [2.05, 4.69) is 5.32 Å². The highest BCUT2D eigenvalue weighted by molar-refractivity contribution is 6.39. The molecule has 1 saturated heterocycles. The molecule has 0 atom stereocenters. The SMILES string of the molecule is O=C1NC(=O)N(c2ccccc2)C(=O)/C1=C/c1ccc(Cc2ccccc2Cl)cc1. The van der Waals surface area contributed by atoms with Crippen molar-refractivity contribution in [3.63, 3.8) is 0 Å². The summed E-state index contributed by atoms with van der Waals surface area (Å²) in [6.45, 7) is 0. The summed E-state index contributed by atoms with van der Waals surface area (Å²) in [5.74, 6) is -1.37. The molecule has 0 aromatic heterocycles. The molecule has 1 fully saturated rings. The molecule has 6 heteroatoms. The Morgan fingerprint density at radius 3 is 2.20 bits per heavy atom. The Hall–Kier alpha value is -3.70. The number of urea groups is 1.